The summed E-state index contributed by atoms with van der Waals surface area (Å²) in [5, 5.41) is 10.1. The van der Waals surface area contributed by atoms with Gasteiger partial charge in [-0.2, -0.15) is 0 Å². The molecule has 2 aromatic rings. The number of rotatable bonds is 4. The largest absolute Gasteiger partial charge is 0.508 e. The second-order valence-electron chi connectivity index (χ2n) is 5.92. The van der Waals surface area contributed by atoms with Crippen LogP contribution in [-0.4, -0.2) is 36.2 Å². The third-order valence-corrected chi connectivity index (χ3v) is 4.44. The first-order valence-corrected chi connectivity index (χ1v) is 8.09. The van der Waals surface area contributed by atoms with Crippen molar-refractivity contribution in [2.24, 2.45) is 0 Å². The van der Waals surface area contributed by atoms with Gasteiger partial charge < -0.3 is 10.0 Å². The topological polar surface area (TPSA) is 26.7 Å². The number of piperazine rings is 1. The van der Waals surface area contributed by atoms with Gasteiger partial charge in [-0.05, 0) is 30.2 Å². The summed E-state index contributed by atoms with van der Waals surface area (Å²) in [6, 6.07) is 16.6. The van der Waals surface area contributed by atoms with Crippen LogP contribution in [-0.2, 0) is 13.0 Å². The first-order valence-electron chi connectivity index (χ1n) is 8.09. The van der Waals surface area contributed by atoms with Gasteiger partial charge in [-0.25, -0.2) is 0 Å². The average Bonchev–Trinajstić information content (AvgIpc) is 2.58. The molecule has 0 radical (unpaired) electrons. The fourth-order valence-electron chi connectivity index (χ4n) is 3.03. The van der Waals surface area contributed by atoms with E-state index in [1.165, 1.54) is 11.3 Å². The maximum atomic E-state index is 10.1. The Morgan fingerprint density at radius 1 is 0.955 bits per heavy atom. The first kappa shape index (κ1) is 14.9. The smallest absolute Gasteiger partial charge is 0.120 e. The van der Waals surface area contributed by atoms with Crippen LogP contribution in [0.1, 0.15) is 18.1 Å². The van der Waals surface area contributed by atoms with Gasteiger partial charge in [0.1, 0.15) is 5.75 Å². The van der Waals surface area contributed by atoms with Gasteiger partial charge >= 0.3 is 0 Å². The molecular weight excluding hydrogens is 272 g/mol. The molecule has 3 heteroatoms. The second-order valence-corrected chi connectivity index (χ2v) is 5.92. The lowest BCUT2D eigenvalue weighted by molar-refractivity contribution is 0.246. The van der Waals surface area contributed by atoms with Crippen molar-refractivity contribution in [3.63, 3.8) is 0 Å². The summed E-state index contributed by atoms with van der Waals surface area (Å²) in [5.41, 5.74) is 3.64. The Kier molecular flexibility index (Phi) is 4.64. The number of nitrogens with zero attached hydrogens (tertiary/aromatic N) is 2. The Morgan fingerprint density at radius 3 is 2.36 bits per heavy atom. The maximum absolute atomic E-state index is 10.1. The van der Waals surface area contributed by atoms with Gasteiger partial charge in [-0.15, -0.1) is 0 Å². The SMILES string of the molecule is CCc1ccc(O)c(CN2CCN(c3ccccc3)CC2)c1. The van der Waals surface area contributed by atoms with Crippen molar-refractivity contribution in [2.45, 2.75) is 19.9 Å². The minimum Gasteiger partial charge on any atom is -0.508 e. The molecule has 0 spiro atoms. The van der Waals surface area contributed by atoms with Crippen LogP contribution >= 0.6 is 0 Å². The van der Waals surface area contributed by atoms with Crippen LogP contribution in [0.25, 0.3) is 0 Å². The number of phenols is 1. The summed E-state index contributed by atoms with van der Waals surface area (Å²) in [6.45, 7) is 7.13. The van der Waals surface area contributed by atoms with Crippen molar-refractivity contribution < 1.29 is 5.11 Å². The van der Waals surface area contributed by atoms with Crippen LogP contribution in [0.4, 0.5) is 5.69 Å². The first-order chi connectivity index (χ1) is 10.8. The summed E-state index contributed by atoms with van der Waals surface area (Å²) < 4.78 is 0. The van der Waals surface area contributed by atoms with Crippen LogP contribution < -0.4 is 4.90 Å². The number of hydrogen-bond acceptors (Lipinski definition) is 3. The van der Waals surface area contributed by atoms with Gasteiger partial charge in [-0.3, -0.25) is 4.90 Å². The molecule has 0 bridgehead atoms. The third kappa shape index (κ3) is 3.42. The molecule has 1 aliphatic rings. The fourth-order valence-corrected chi connectivity index (χ4v) is 3.03. The van der Waals surface area contributed by atoms with E-state index in [0.29, 0.717) is 5.75 Å². The molecule has 0 aliphatic carbocycles. The van der Waals surface area contributed by atoms with Crippen molar-refractivity contribution in [3.8, 4) is 5.75 Å². The highest BCUT2D eigenvalue weighted by atomic mass is 16.3. The quantitative estimate of drug-likeness (QED) is 0.938. The van der Waals surface area contributed by atoms with Crippen LogP contribution in [0.3, 0.4) is 0 Å². The standard InChI is InChI=1S/C19H24N2O/c1-2-16-8-9-19(22)17(14-16)15-20-10-12-21(13-11-20)18-6-4-3-5-7-18/h3-9,14,22H,2,10-13,15H2,1H3. The maximum Gasteiger partial charge on any atom is 0.120 e. The van der Waals surface area contributed by atoms with E-state index in [1.807, 2.05) is 12.1 Å². The Balaban J connectivity index is 1.60. The fraction of sp³-hybridized carbons (Fsp3) is 0.368. The monoisotopic (exact) mass is 296 g/mol. The minimum atomic E-state index is 0.419. The molecule has 2 aromatic carbocycles. The third-order valence-electron chi connectivity index (χ3n) is 4.44. The molecule has 116 valence electrons. The zero-order chi connectivity index (χ0) is 15.4. The van der Waals surface area contributed by atoms with Crippen molar-refractivity contribution in [1.29, 1.82) is 0 Å². The number of aromatic hydroxyl groups is 1. The summed E-state index contributed by atoms with van der Waals surface area (Å²) in [4.78, 5) is 4.85. The van der Waals surface area contributed by atoms with E-state index in [-0.39, 0.29) is 0 Å². The van der Waals surface area contributed by atoms with Gasteiger partial charge in [0.05, 0.1) is 0 Å². The minimum absolute atomic E-state index is 0.419. The summed E-state index contributed by atoms with van der Waals surface area (Å²) >= 11 is 0. The molecule has 0 unspecified atom stereocenters. The molecular formula is C19H24N2O. The van der Waals surface area contributed by atoms with Gasteiger partial charge in [-0.1, -0.05) is 37.3 Å². The predicted molar refractivity (Wildman–Crippen MR) is 91.4 cm³/mol. The van der Waals surface area contributed by atoms with Gasteiger partial charge in [0.15, 0.2) is 0 Å². The van der Waals surface area contributed by atoms with E-state index in [4.69, 9.17) is 0 Å². The van der Waals surface area contributed by atoms with E-state index in [0.717, 1.165) is 44.7 Å². The summed E-state index contributed by atoms with van der Waals surface area (Å²) in [7, 11) is 0. The van der Waals surface area contributed by atoms with E-state index < -0.39 is 0 Å². The van der Waals surface area contributed by atoms with Crippen LogP contribution in [0, 0.1) is 0 Å². The number of benzene rings is 2. The molecule has 1 aliphatic heterocycles. The van der Waals surface area contributed by atoms with Crippen molar-refractivity contribution in [1.82, 2.24) is 4.90 Å². The molecule has 0 aromatic heterocycles. The highest BCUT2D eigenvalue weighted by Gasteiger charge is 2.18. The van der Waals surface area contributed by atoms with E-state index in [1.54, 1.807) is 0 Å². The van der Waals surface area contributed by atoms with Crippen LogP contribution in [0.15, 0.2) is 48.5 Å². The van der Waals surface area contributed by atoms with Crippen molar-refractivity contribution >= 4 is 5.69 Å². The Bertz CT molecular complexity index is 604. The lowest BCUT2D eigenvalue weighted by Crippen LogP contribution is -2.45. The lowest BCUT2D eigenvalue weighted by Gasteiger charge is -2.36. The molecule has 3 rings (SSSR count). The molecule has 22 heavy (non-hydrogen) atoms. The summed E-state index contributed by atoms with van der Waals surface area (Å²) in [5.74, 6) is 0.419. The van der Waals surface area contributed by atoms with Gasteiger partial charge in [0.25, 0.3) is 0 Å². The summed E-state index contributed by atoms with van der Waals surface area (Å²) in [6.07, 6.45) is 1.01. The van der Waals surface area contributed by atoms with Crippen molar-refractivity contribution in [2.75, 3.05) is 31.1 Å². The Labute approximate surface area is 132 Å². The van der Waals surface area contributed by atoms with E-state index in [2.05, 4.69) is 53.1 Å². The molecule has 3 nitrogen and oxygen atoms in total. The van der Waals surface area contributed by atoms with E-state index >= 15 is 0 Å². The van der Waals surface area contributed by atoms with E-state index in [9.17, 15) is 5.11 Å². The highest BCUT2D eigenvalue weighted by Crippen LogP contribution is 2.22. The number of phenolic OH excluding ortho intramolecular Hbond substituents is 1. The number of para-hydroxylation sites is 1. The predicted octanol–water partition coefficient (Wildman–Crippen LogP) is 3.28. The van der Waals surface area contributed by atoms with Crippen LogP contribution in [0.5, 0.6) is 5.75 Å². The molecule has 1 fully saturated rings. The normalized spacial score (nSPS) is 16.0. The zero-order valence-electron chi connectivity index (χ0n) is 13.2. The van der Waals surface area contributed by atoms with Gasteiger partial charge in [0, 0.05) is 44.0 Å². The number of aryl methyl sites for hydroxylation is 1. The lowest BCUT2D eigenvalue weighted by atomic mass is 10.1. The number of hydrogen-bond donors (Lipinski definition) is 1. The molecule has 1 N–H and O–H groups in total. The Hall–Kier alpha value is -2.00. The number of anilines is 1. The molecule has 1 saturated heterocycles. The molecule has 0 saturated carbocycles. The second kappa shape index (κ2) is 6.84. The van der Waals surface area contributed by atoms with Crippen LogP contribution in [0.2, 0.25) is 0 Å². The van der Waals surface area contributed by atoms with Gasteiger partial charge in [0.2, 0.25) is 0 Å². The molecule has 0 amide bonds. The molecule has 0 atom stereocenters. The Morgan fingerprint density at radius 2 is 1.68 bits per heavy atom. The van der Waals surface area contributed by atoms with Crippen molar-refractivity contribution in [3.05, 3.63) is 59.7 Å². The highest BCUT2D eigenvalue weighted by molar-refractivity contribution is 5.46. The molecule has 1 heterocycles. The average molecular weight is 296 g/mol. The zero-order valence-corrected chi connectivity index (χ0v) is 13.2.